The molecular weight excluding hydrogens is 366 g/mol. The second-order valence-electron chi connectivity index (χ2n) is 7.08. The molecule has 0 saturated carbocycles. The number of carbonyl (C=O) groups is 1. The van der Waals surface area contributed by atoms with E-state index in [9.17, 15) is 14.7 Å². The SMILES string of the molecule is Cc1ccc(NC(=O)Cn2c(-c3ccccc3)nc(C)c(CCO)c2=O)cc1C. The fraction of sp³-hybridized carbons (Fsp3) is 0.261. The topological polar surface area (TPSA) is 84.2 Å². The number of aliphatic hydroxyl groups excluding tert-OH is 1. The fourth-order valence-corrected chi connectivity index (χ4v) is 3.22. The Morgan fingerprint density at radius 1 is 1.07 bits per heavy atom. The van der Waals surface area contributed by atoms with Crippen LogP contribution in [-0.4, -0.2) is 27.2 Å². The van der Waals surface area contributed by atoms with Crippen LogP contribution in [0.15, 0.2) is 53.3 Å². The molecule has 1 aromatic heterocycles. The lowest BCUT2D eigenvalue weighted by Crippen LogP contribution is -2.33. The van der Waals surface area contributed by atoms with E-state index in [2.05, 4.69) is 10.3 Å². The molecule has 1 heterocycles. The molecule has 0 atom stereocenters. The maximum atomic E-state index is 13.1. The number of hydrogen-bond donors (Lipinski definition) is 2. The van der Waals surface area contributed by atoms with Crippen LogP contribution in [0.4, 0.5) is 5.69 Å². The van der Waals surface area contributed by atoms with E-state index in [1.807, 2.05) is 62.4 Å². The van der Waals surface area contributed by atoms with Crippen LogP contribution in [0.3, 0.4) is 0 Å². The number of anilines is 1. The normalized spacial score (nSPS) is 10.8. The third-order valence-corrected chi connectivity index (χ3v) is 4.96. The average Bonchev–Trinajstić information content (AvgIpc) is 2.70. The van der Waals surface area contributed by atoms with Gasteiger partial charge in [0.15, 0.2) is 0 Å². The molecule has 0 aliphatic rings. The van der Waals surface area contributed by atoms with Gasteiger partial charge in [0.1, 0.15) is 12.4 Å². The highest BCUT2D eigenvalue weighted by Crippen LogP contribution is 2.18. The monoisotopic (exact) mass is 391 g/mol. The lowest BCUT2D eigenvalue weighted by molar-refractivity contribution is -0.116. The summed E-state index contributed by atoms with van der Waals surface area (Å²) in [6, 6.07) is 15.0. The van der Waals surface area contributed by atoms with Gasteiger partial charge in [0.2, 0.25) is 5.91 Å². The first-order valence-corrected chi connectivity index (χ1v) is 9.54. The Kier molecular flexibility index (Phi) is 6.24. The molecule has 2 aromatic carbocycles. The van der Waals surface area contributed by atoms with E-state index in [1.165, 1.54) is 4.57 Å². The zero-order chi connectivity index (χ0) is 21.0. The Bertz CT molecular complexity index is 1090. The molecule has 1 amide bonds. The summed E-state index contributed by atoms with van der Waals surface area (Å²) in [5, 5.41) is 12.2. The number of aromatic nitrogens is 2. The van der Waals surface area contributed by atoms with Gasteiger partial charge in [0.25, 0.3) is 5.56 Å². The molecular formula is C23H25N3O3. The molecule has 3 aromatic rings. The molecule has 150 valence electrons. The first-order chi connectivity index (χ1) is 13.9. The number of amides is 1. The predicted molar refractivity (Wildman–Crippen MR) is 114 cm³/mol. The van der Waals surface area contributed by atoms with Crippen molar-refractivity contribution in [3.8, 4) is 11.4 Å². The van der Waals surface area contributed by atoms with Gasteiger partial charge in [-0.25, -0.2) is 4.98 Å². The van der Waals surface area contributed by atoms with Crippen molar-refractivity contribution in [3.05, 3.63) is 81.3 Å². The van der Waals surface area contributed by atoms with E-state index in [0.29, 0.717) is 22.8 Å². The number of benzene rings is 2. The highest BCUT2D eigenvalue weighted by Gasteiger charge is 2.17. The van der Waals surface area contributed by atoms with Crippen molar-refractivity contribution in [1.29, 1.82) is 0 Å². The zero-order valence-electron chi connectivity index (χ0n) is 16.9. The molecule has 0 fully saturated rings. The molecule has 0 unspecified atom stereocenters. The number of carbonyl (C=O) groups excluding carboxylic acids is 1. The number of aryl methyl sites for hydroxylation is 3. The van der Waals surface area contributed by atoms with Crippen molar-refractivity contribution in [2.75, 3.05) is 11.9 Å². The molecule has 0 aliphatic carbocycles. The van der Waals surface area contributed by atoms with Crippen molar-refractivity contribution in [3.63, 3.8) is 0 Å². The second kappa shape index (κ2) is 8.84. The smallest absolute Gasteiger partial charge is 0.257 e. The number of nitrogens with zero attached hydrogens (tertiary/aromatic N) is 2. The van der Waals surface area contributed by atoms with E-state index in [4.69, 9.17) is 0 Å². The first-order valence-electron chi connectivity index (χ1n) is 9.54. The third kappa shape index (κ3) is 4.60. The molecule has 3 rings (SSSR count). The minimum Gasteiger partial charge on any atom is -0.396 e. The van der Waals surface area contributed by atoms with Crippen LogP contribution >= 0.6 is 0 Å². The largest absolute Gasteiger partial charge is 0.396 e. The van der Waals surface area contributed by atoms with Crippen LogP contribution in [0.2, 0.25) is 0 Å². The summed E-state index contributed by atoms with van der Waals surface area (Å²) in [5.74, 6) is 0.123. The van der Waals surface area contributed by atoms with E-state index in [0.717, 1.165) is 16.7 Å². The van der Waals surface area contributed by atoms with Crippen molar-refractivity contribution >= 4 is 11.6 Å². The van der Waals surface area contributed by atoms with E-state index < -0.39 is 0 Å². The molecule has 0 aliphatic heterocycles. The number of rotatable bonds is 6. The maximum Gasteiger partial charge on any atom is 0.257 e. The van der Waals surface area contributed by atoms with Crippen LogP contribution in [-0.2, 0) is 17.8 Å². The molecule has 0 bridgehead atoms. The van der Waals surface area contributed by atoms with Crippen LogP contribution in [0.25, 0.3) is 11.4 Å². The van der Waals surface area contributed by atoms with Gasteiger partial charge in [0.05, 0.1) is 0 Å². The van der Waals surface area contributed by atoms with Crippen LogP contribution in [0.5, 0.6) is 0 Å². The summed E-state index contributed by atoms with van der Waals surface area (Å²) in [7, 11) is 0. The van der Waals surface area contributed by atoms with Gasteiger partial charge < -0.3 is 10.4 Å². The van der Waals surface area contributed by atoms with Gasteiger partial charge in [-0.2, -0.15) is 0 Å². The summed E-state index contributed by atoms with van der Waals surface area (Å²) in [4.78, 5) is 30.4. The van der Waals surface area contributed by atoms with Crippen LogP contribution in [0.1, 0.15) is 22.4 Å². The highest BCUT2D eigenvalue weighted by molar-refractivity contribution is 5.91. The van der Waals surface area contributed by atoms with Crippen molar-refractivity contribution in [2.45, 2.75) is 33.7 Å². The van der Waals surface area contributed by atoms with Gasteiger partial charge in [-0.05, 0) is 44.0 Å². The van der Waals surface area contributed by atoms with Crippen LogP contribution in [0, 0.1) is 20.8 Å². The molecule has 6 heteroatoms. The minimum absolute atomic E-state index is 0.155. The molecule has 2 N–H and O–H groups in total. The predicted octanol–water partition coefficient (Wildman–Crippen LogP) is 3.01. The Balaban J connectivity index is 1.99. The van der Waals surface area contributed by atoms with E-state index in [1.54, 1.807) is 6.92 Å². The Morgan fingerprint density at radius 2 is 1.79 bits per heavy atom. The van der Waals surface area contributed by atoms with Crippen molar-refractivity contribution in [1.82, 2.24) is 9.55 Å². The summed E-state index contributed by atoms with van der Waals surface area (Å²) >= 11 is 0. The molecule has 0 saturated heterocycles. The van der Waals surface area contributed by atoms with Gasteiger partial charge in [-0.3, -0.25) is 14.2 Å². The van der Waals surface area contributed by atoms with Crippen molar-refractivity contribution in [2.24, 2.45) is 0 Å². The maximum absolute atomic E-state index is 13.1. The Labute approximate surface area is 169 Å². The number of aliphatic hydroxyl groups is 1. The third-order valence-electron chi connectivity index (χ3n) is 4.96. The Morgan fingerprint density at radius 3 is 2.45 bits per heavy atom. The summed E-state index contributed by atoms with van der Waals surface area (Å²) in [6.45, 7) is 5.42. The molecule has 6 nitrogen and oxygen atoms in total. The number of hydrogen-bond acceptors (Lipinski definition) is 4. The highest BCUT2D eigenvalue weighted by atomic mass is 16.3. The zero-order valence-corrected chi connectivity index (χ0v) is 16.9. The quantitative estimate of drug-likeness (QED) is 0.677. The van der Waals surface area contributed by atoms with Crippen LogP contribution < -0.4 is 10.9 Å². The average molecular weight is 391 g/mol. The summed E-state index contributed by atoms with van der Waals surface area (Å²) in [5.41, 5.74) is 4.33. The van der Waals surface area contributed by atoms with Gasteiger partial charge in [0, 0.05) is 35.5 Å². The van der Waals surface area contributed by atoms with Crippen molar-refractivity contribution < 1.29 is 9.90 Å². The van der Waals surface area contributed by atoms with Gasteiger partial charge in [-0.1, -0.05) is 36.4 Å². The van der Waals surface area contributed by atoms with Gasteiger partial charge >= 0.3 is 0 Å². The summed E-state index contributed by atoms with van der Waals surface area (Å²) < 4.78 is 1.38. The Hall–Kier alpha value is -3.25. The summed E-state index contributed by atoms with van der Waals surface area (Å²) in [6.07, 6.45) is 0.200. The lowest BCUT2D eigenvalue weighted by Gasteiger charge is -2.16. The lowest BCUT2D eigenvalue weighted by atomic mass is 10.1. The standard InChI is InChI=1S/C23H25N3O3/c1-15-9-10-19(13-16(15)2)25-21(28)14-26-22(18-7-5-4-6-8-18)24-17(3)20(11-12-27)23(26)29/h4-10,13,27H,11-12,14H2,1-3H3,(H,25,28). The molecule has 0 spiro atoms. The molecule has 29 heavy (non-hydrogen) atoms. The fourth-order valence-electron chi connectivity index (χ4n) is 3.22. The van der Waals surface area contributed by atoms with E-state index >= 15 is 0 Å². The van der Waals surface area contributed by atoms with E-state index in [-0.39, 0.29) is 31.0 Å². The molecule has 0 radical (unpaired) electrons. The first kappa shape index (κ1) is 20.5. The van der Waals surface area contributed by atoms with Gasteiger partial charge in [-0.15, -0.1) is 0 Å². The number of nitrogens with one attached hydrogen (secondary N) is 1. The minimum atomic E-state index is -0.312. The second-order valence-corrected chi connectivity index (χ2v) is 7.08.